The number of carbonyl (C=O) groups excluding carboxylic acids is 3. The molecular weight excluding hydrogens is 463 g/mol. The number of nitrogen functional groups attached to an aromatic ring is 1. The number of Topliss-reactive ketones (excluding diaryl/α,β-unsaturated/α-hetero) is 3. The van der Waals surface area contributed by atoms with Gasteiger partial charge in [-0.15, -0.1) is 0 Å². The average Bonchev–Trinajstić information content (AvgIpc) is 3.25. The van der Waals surface area contributed by atoms with Gasteiger partial charge in [-0.05, 0) is 53.7 Å². The van der Waals surface area contributed by atoms with E-state index in [-0.39, 0.29) is 39.4 Å². The number of ketones is 3. The van der Waals surface area contributed by atoms with Gasteiger partial charge in [0.05, 0.1) is 11.1 Å². The van der Waals surface area contributed by atoms with Crippen LogP contribution in [0.2, 0.25) is 0 Å². The lowest BCUT2D eigenvalue weighted by atomic mass is 9.89. The number of nitrogens with two attached hydrogens (primary N) is 1. The van der Waals surface area contributed by atoms with E-state index in [0.29, 0.717) is 4.88 Å². The van der Waals surface area contributed by atoms with E-state index in [0.717, 1.165) is 11.3 Å². The molecule has 0 radical (unpaired) electrons. The fourth-order valence-corrected chi connectivity index (χ4v) is 6.37. The summed E-state index contributed by atoms with van der Waals surface area (Å²) in [5.74, 6) is -0.445. The molecule has 0 amide bonds. The Kier molecular flexibility index (Phi) is 7.32. The van der Waals surface area contributed by atoms with Gasteiger partial charge in [0.1, 0.15) is 22.1 Å². The molecule has 4 N–H and O–H groups in total. The molecule has 0 saturated carbocycles. The molecule has 0 aliphatic rings. The molecule has 2 heterocycles. The SMILES string of the molecule is CC(=O)C(C)(C)NP(=O)(NC(C)(C)C(C)=O)c1ccc(-c2nc(N)sc2C(=O)C(C)(C)C)o1. The topological polar surface area (TPSA) is 144 Å². The van der Waals surface area contributed by atoms with Crippen LogP contribution in [-0.4, -0.2) is 33.4 Å². The molecular formula is C22H33N4O5PS. The van der Waals surface area contributed by atoms with E-state index in [9.17, 15) is 18.9 Å². The molecule has 2 aromatic heterocycles. The number of hydrogen-bond donors (Lipinski definition) is 3. The number of thiazole rings is 1. The maximum absolute atomic E-state index is 14.2. The lowest BCUT2D eigenvalue weighted by Gasteiger charge is -2.34. The Morgan fingerprint density at radius 3 is 1.88 bits per heavy atom. The number of hydrogen-bond acceptors (Lipinski definition) is 8. The summed E-state index contributed by atoms with van der Waals surface area (Å²) in [4.78, 5) is 41.8. The van der Waals surface area contributed by atoms with Gasteiger partial charge in [0.15, 0.2) is 22.2 Å². The van der Waals surface area contributed by atoms with Crippen LogP contribution in [0, 0.1) is 5.41 Å². The monoisotopic (exact) mass is 496 g/mol. The summed E-state index contributed by atoms with van der Waals surface area (Å²) in [6, 6.07) is 3.02. The van der Waals surface area contributed by atoms with Crippen LogP contribution in [0.15, 0.2) is 16.5 Å². The highest BCUT2D eigenvalue weighted by atomic mass is 32.1. The van der Waals surface area contributed by atoms with E-state index >= 15 is 0 Å². The molecule has 0 bridgehead atoms. The molecule has 2 aromatic rings. The highest BCUT2D eigenvalue weighted by Crippen LogP contribution is 2.43. The third kappa shape index (κ3) is 5.87. The molecule has 33 heavy (non-hydrogen) atoms. The van der Waals surface area contributed by atoms with Crippen LogP contribution in [0.4, 0.5) is 5.13 Å². The van der Waals surface area contributed by atoms with E-state index in [1.165, 1.54) is 19.9 Å². The third-order valence-electron chi connectivity index (χ3n) is 5.30. The highest BCUT2D eigenvalue weighted by molar-refractivity contribution is 7.67. The van der Waals surface area contributed by atoms with Crippen LogP contribution >= 0.6 is 18.8 Å². The Morgan fingerprint density at radius 1 is 0.970 bits per heavy atom. The summed E-state index contributed by atoms with van der Waals surface area (Å²) in [6.45, 7) is 14.5. The minimum absolute atomic E-state index is 0.0121. The van der Waals surface area contributed by atoms with Gasteiger partial charge in [-0.3, -0.25) is 18.9 Å². The molecule has 0 aliphatic carbocycles. The van der Waals surface area contributed by atoms with Crippen molar-refractivity contribution in [2.75, 3.05) is 5.73 Å². The molecule has 0 spiro atoms. The molecule has 0 unspecified atom stereocenters. The molecule has 9 nitrogen and oxygen atoms in total. The van der Waals surface area contributed by atoms with E-state index in [1.54, 1.807) is 54.5 Å². The van der Waals surface area contributed by atoms with Crippen LogP contribution in [-0.2, 0) is 14.2 Å². The van der Waals surface area contributed by atoms with Crippen molar-refractivity contribution in [3.63, 3.8) is 0 Å². The maximum Gasteiger partial charge on any atom is 0.276 e. The van der Waals surface area contributed by atoms with Gasteiger partial charge in [-0.2, -0.15) is 0 Å². The number of furan rings is 1. The first-order valence-corrected chi connectivity index (χ1v) is 13.0. The number of carbonyl (C=O) groups is 3. The van der Waals surface area contributed by atoms with Gasteiger partial charge < -0.3 is 10.2 Å². The second kappa shape index (κ2) is 8.91. The van der Waals surface area contributed by atoms with Crippen molar-refractivity contribution in [2.24, 2.45) is 5.41 Å². The molecule has 2 rings (SSSR count). The zero-order valence-electron chi connectivity index (χ0n) is 20.6. The molecule has 0 fully saturated rings. The number of anilines is 1. The summed E-state index contributed by atoms with van der Waals surface area (Å²) < 4.78 is 20.1. The summed E-state index contributed by atoms with van der Waals surface area (Å²) >= 11 is 1.06. The van der Waals surface area contributed by atoms with Crippen LogP contribution in [0.5, 0.6) is 0 Å². The minimum Gasteiger partial charge on any atom is -0.449 e. The quantitative estimate of drug-likeness (QED) is 0.347. The van der Waals surface area contributed by atoms with Crippen LogP contribution in [0.1, 0.15) is 72.0 Å². The Balaban J connectivity index is 2.62. The number of nitrogens with zero attached hydrogens (tertiary/aromatic N) is 1. The number of rotatable bonds is 9. The van der Waals surface area contributed by atoms with Crippen molar-refractivity contribution in [1.29, 1.82) is 0 Å². The van der Waals surface area contributed by atoms with Crippen molar-refractivity contribution in [3.8, 4) is 11.5 Å². The fraction of sp³-hybridized carbons (Fsp3) is 0.545. The smallest absolute Gasteiger partial charge is 0.276 e. The van der Waals surface area contributed by atoms with E-state index in [1.807, 2.05) is 0 Å². The van der Waals surface area contributed by atoms with Crippen LogP contribution in [0.3, 0.4) is 0 Å². The summed E-state index contributed by atoms with van der Waals surface area (Å²) in [7, 11) is -3.84. The van der Waals surface area contributed by atoms with E-state index in [4.69, 9.17) is 10.2 Å². The molecule has 0 aliphatic heterocycles. The third-order valence-corrected chi connectivity index (χ3v) is 8.79. The van der Waals surface area contributed by atoms with Gasteiger partial charge in [0, 0.05) is 5.41 Å². The molecule has 0 aromatic carbocycles. The summed E-state index contributed by atoms with van der Waals surface area (Å²) in [5, 5.41) is 5.93. The largest absolute Gasteiger partial charge is 0.449 e. The van der Waals surface area contributed by atoms with E-state index < -0.39 is 23.9 Å². The Labute approximate surface area is 198 Å². The molecule has 0 atom stereocenters. The lowest BCUT2D eigenvalue weighted by molar-refractivity contribution is -0.121. The first-order valence-electron chi connectivity index (χ1n) is 10.4. The van der Waals surface area contributed by atoms with Gasteiger partial charge in [-0.1, -0.05) is 32.1 Å². The van der Waals surface area contributed by atoms with Crippen molar-refractivity contribution < 1.29 is 23.4 Å². The van der Waals surface area contributed by atoms with Crippen molar-refractivity contribution >= 4 is 46.8 Å². The number of nitrogens with one attached hydrogen (secondary N) is 2. The van der Waals surface area contributed by atoms with Gasteiger partial charge in [-0.25, -0.2) is 15.2 Å². The Morgan fingerprint density at radius 2 is 1.45 bits per heavy atom. The van der Waals surface area contributed by atoms with Gasteiger partial charge in [0.25, 0.3) is 7.44 Å². The second-order valence-corrected chi connectivity index (χ2v) is 13.3. The zero-order chi connectivity index (χ0) is 25.6. The fourth-order valence-electron chi connectivity index (χ4n) is 2.71. The van der Waals surface area contributed by atoms with Crippen molar-refractivity contribution in [2.45, 2.75) is 73.4 Å². The lowest BCUT2D eigenvalue weighted by Crippen LogP contribution is -2.53. The molecule has 0 saturated heterocycles. The van der Waals surface area contributed by atoms with Crippen LogP contribution < -0.4 is 21.4 Å². The van der Waals surface area contributed by atoms with Crippen molar-refractivity contribution in [1.82, 2.24) is 15.2 Å². The molecule has 11 heteroatoms. The Bertz CT molecular complexity index is 1110. The number of aromatic nitrogens is 1. The van der Waals surface area contributed by atoms with Crippen molar-refractivity contribution in [3.05, 3.63) is 17.0 Å². The first kappa shape index (κ1) is 27.1. The second-order valence-electron chi connectivity index (χ2n) is 10.1. The molecule has 182 valence electrons. The Hall–Kier alpha value is -2.13. The standard InChI is InChI=1S/C22H33N4O5PS/c1-12(27)21(6,7)25-32(30,26-22(8,9)13(2)28)15-11-10-14(31-15)16-17(33-19(23)24-16)18(29)20(3,4)5/h10-11H,1-9H3,(H2,23,24)(H2,25,26,30). The normalized spacial score (nSPS) is 13.2. The zero-order valence-corrected chi connectivity index (χ0v) is 22.3. The minimum atomic E-state index is -3.84. The first-order chi connectivity index (χ1) is 14.8. The summed E-state index contributed by atoms with van der Waals surface area (Å²) in [5.41, 5.74) is 3.10. The van der Waals surface area contributed by atoms with Gasteiger partial charge in [0.2, 0.25) is 0 Å². The average molecular weight is 497 g/mol. The van der Waals surface area contributed by atoms with Crippen LogP contribution in [0.25, 0.3) is 11.5 Å². The predicted octanol–water partition coefficient (Wildman–Crippen LogP) is 3.95. The summed E-state index contributed by atoms with van der Waals surface area (Å²) in [6.07, 6.45) is 0. The highest BCUT2D eigenvalue weighted by Gasteiger charge is 2.42. The predicted molar refractivity (Wildman–Crippen MR) is 131 cm³/mol. The van der Waals surface area contributed by atoms with Gasteiger partial charge >= 0.3 is 0 Å². The van der Waals surface area contributed by atoms with E-state index in [2.05, 4.69) is 15.2 Å². The maximum atomic E-state index is 14.2.